The predicted octanol–water partition coefficient (Wildman–Crippen LogP) is 4.21. The van der Waals surface area contributed by atoms with E-state index in [1.807, 2.05) is 6.92 Å². The van der Waals surface area contributed by atoms with Crippen LogP contribution in [0.2, 0.25) is 5.02 Å². The van der Waals surface area contributed by atoms with Crippen LogP contribution in [0.3, 0.4) is 0 Å². The highest BCUT2D eigenvalue weighted by Crippen LogP contribution is 2.26. The van der Waals surface area contributed by atoms with Crippen molar-refractivity contribution in [3.05, 3.63) is 69.9 Å². The van der Waals surface area contributed by atoms with Crippen LogP contribution in [0.4, 0.5) is 5.69 Å². The summed E-state index contributed by atoms with van der Waals surface area (Å²) in [6.45, 7) is 2.40. The SMILES string of the molecule is CCOc1ccc(C(=O)c2ccc(Cl)c(NC(C#N)=C(C#N)C#N)c2)cc1. The van der Waals surface area contributed by atoms with E-state index in [-0.39, 0.29) is 27.8 Å². The maximum absolute atomic E-state index is 12.7. The molecule has 27 heavy (non-hydrogen) atoms. The van der Waals surface area contributed by atoms with Crippen molar-refractivity contribution in [2.75, 3.05) is 11.9 Å². The van der Waals surface area contributed by atoms with Crippen LogP contribution in [0, 0.1) is 34.0 Å². The van der Waals surface area contributed by atoms with Crippen molar-refractivity contribution in [1.82, 2.24) is 0 Å². The van der Waals surface area contributed by atoms with Crippen molar-refractivity contribution in [3.63, 3.8) is 0 Å². The van der Waals surface area contributed by atoms with Crippen molar-refractivity contribution >= 4 is 23.1 Å². The van der Waals surface area contributed by atoms with E-state index in [0.29, 0.717) is 23.5 Å². The summed E-state index contributed by atoms with van der Waals surface area (Å²) in [5.41, 5.74) is 0.411. The fourth-order valence-corrected chi connectivity index (χ4v) is 2.38. The number of ketones is 1. The van der Waals surface area contributed by atoms with E-state index in [9.17, 15) is 4.79 Å². The largest absolute Gasteiger partial charge is 0.494 e. The molecule has 0 aliphatic rings. The number of carbonyl (C=O) groups excluding carboxylic acids is 1. The lowest BCUT2D eigenvalue weighted by Crippen LogP contribution is -2.05. The standard InChI is InChI=1S/C20H13ClN4O2/c1-2-27-16-6-3-13(4-7-16)20(26)14-5-8-17(21)18(9-14)25-19(12-24)15(10-22)11-23/h3-9,25H,2H2,1H3. The van der Waals surface area contributed by atoms with Gasteiger partial charge in [0.1, 0.15) is 29.7 Å². The van der Waals surface area contributed by atoms with E-state index in [1.54, 1.807) is 48.5 Å². The number of halogens is 1. The van der Waals surface area contributed by atoms with Gasteiger partial charge in [0.2, 0.25) is 0 Å². The third kappa shape index (κ3) is 4.64. The average Bonchev–Trinajstić information content (AvgIpc) is 2.69. The van der Waals surface area contributed by atoms with Gasteiger partial charge < -0.3 is 10.1 Å². The van der Waals surface area contributed by atoms with Crippen molar-refractivity contribution in [2.24, 2.45) is 0 Å². The zero-order valence-corrected chi connectivity index (χ0v) is 15.0. The minimum absolute atomic E-state index is 0.237. The zero-order valence-electron chi connectivity index (χ0n) is 14.3. The number of hydrogen-bond donors (Lipinski definition) is 1. The summed E-state index contributed by atoms with van der Waals surface area (Å²) in [6, 6.07) is 16.2. The number of nitrogens with one attached hydrogen (secondary N) is 1. The monoisotopic (exact) mass is 376 g/mol. The highest BCUT2D eigenvalue weighted by atomic mass is 35.5. The van der Waals surface area contributed by atoms with Crippen molar-refractivity contribution in [3.8, 4) is 24.0 Å². The van der Waals surface area contributed by atoms with Crippen LogP contribution >= 0.6 is 11.6 Å². The Balaban J connectivity index is 2.36. The van der Waals surface area contributed by atoms with Gasteiger partial charge >= 0.3 is 0 Å². The third-order valence-corrected chi connectivity index (χ3v) is 3.83. The van der Waals surface area contributed by atoms with Gasteiger partial charge in [-0.3, -0.25) is 4.79 Å². The van der Waals surface area contributed by atoms with Gasteiger partial charge in [0, 0.05) is 11.1 Å². The number of ether oxygens (including phenoxy) is 1. The minimum Gasteiger partial charge on any atom is -0.494 e. The van der Waals surface area contributed by atoms with E-state index < -0.39 is 0 Å². The lowest BCUT2D eigenvalue weighted by molar-refractivity contribution is 0.103. The Kier molecular flexibility index (Phi) is 6.55. The Bertz CT molecular complexity index is 1010. The molecule has 1 N–H and O–H groups in total. The second-order valence-electron chi connectivity index (χ2n) is 5.19. The number of rotatable bonds is 6. The smallest absolute Gasteiger partial charge is 0.193 e. The van der Waals surface area contributed by atoms with Crippen molar-refractivity contribution in [2.45, 2.75) is 6.92 Å². The highest BCUT2D eigenvalue weighted by Gasteiger charge is 2.14. The molecule has 0 aliphatic heterocycles. The van der Waals surface area contributed by atoms with Gasteiger partial charge in [0.15, 0.2) is 11.4 Å². The molecule has 0 saturated carbocycles. The molecule has 0 aliphatic carbocycles. The summed E-state index contributed by atoms with van der Waals surface area (Å²) in [5.74, 6) is 0.415. The first-order valence-corrected chi connectivity index (χ1v) is 8.20. The predicted molar refractivity (Wildman–Crippen MR) is 100.0 cm³/mol. The number of hydrogen-bond acceptors (Lipinski definition) is 6. The minimum atomic E-state index is -0.378. The summed E-state index contributed by atoms with van der Waals surface area (Å²) in [7, 11) is 0. The van der Waals surface area contributed by atoms with Gasteiger partial charge in [-0.15, -0.1) is 0 Å². The van der Waals surface area contributed by atoms with E-state index in [4.69, 9.17) is 32.1 Å². The maximum atomic E-state index is 12.7. The van der Waals surface area contributed by atoms with Crippen LogP contribution in [0.1, 0.15) is 22.8 Å². The molecule has 0 fully saturated rings. The molecule has 0 bridgehead atoms. The molecular formula is C20H13ClN4O2. The average molecular weight is 377 g/mol. The summed E-state index contributed by atoms with van der Waals surface area (Å²) in [4.78, 5) is 12.7. The highest BCUT2D eigenvalue weighted by molar-refractivity contribution is 6.33. The van der Waals surface area contributed by atoms with Gasteiger partial charge in [-0.2, -0.15) is 15.8 Å². The quantitative estimate of drug-likeness (QED) is 0.597. The molecule has 0 amide bonds. The van der Waals surface area contributed by atoms with E-state index in [0.717, 1.165) is 0 Å². The molecule has 0 heterocycles. The second-order valence-corrected chi connectivity index (χ2v) is 5.60. The molecule has 2 rings (SSSR count). The Morgan fingerprint density at radius 3 is 2.22 bits per heavy atom. The summed E-state index contributed by atoms with van der Waals surface area (Å²) in [5, 5.41) is 29.8. The Labute approximate surface area is 161 Å². The number of anilines is 1. The summed E-state index contributed by atoms with van der Waals surface area (Å²) >= 11 is 6.11. The molecule has 0 radical (unpaired) electrons. The summed E-state index contributed by atoms with van der Waals surface area (Å²) < 4.78 is 5.35. The molecular weight excluding hydrogens is 364 g/mol. The molecule has 0 spiro atoms. The van der Waals surface area contributed by atoms with Crippen LogP contribution in [-0.2, 0) is 0 Å². The maximum Gasteiger partial charge on any atom is 0.193 e. The number of nitriles is 3. The topological polar surface area (TPSA) is 110 Å². The van der Waals surface area contributed by atoms with E-state index >= 15 is 0 Å². The van der Waals surface area contributed by atoms with Gasteiger partial charge in [0.05, 0.1) is 17.3 Å². The number of carbonyl (C=O) groups is 1. The van der Waals surface area contributed by atoms with Crippen LogP contribution in [0.25, 0.3) is 0 Å². The van der Waals surface area contributed by atoms with Crippen LogP contribution in [-0.4, -0.2) is 12.4 Å². The first-order valence-electron chi connectivity index (χ1n) is 7.82. The van der Waals surface area contributed by atoms with Gasteiger partial charge in [0.25, 0.3) is 0 Å². The first-order chi connectivity index (χ1) is 13.0. The Morgan fingerprint density at radius 1 is 1.04 bits per heavy atom. The zero-order chi connectivity index (χ0) is 19.8. The van der Waals surface area contributed by atoms with Gasteiger partial charge in [-0.05, 0) is 49.4 Å². The molecule has 0 aromatic heterocycles. The fourth-order valence-electron chi connectivity index (χ4n) is 2.22. The number of allylic oxidation sites excluding steroid dienone is 2. The normalized spacial score (nSPS) is 9.30. The molecule has 132 valence electrons. The molecule has 7 heteroatoms. The fraction of sp³-hybridized carbons (Fsp3) is 0.100. The van der Waals surface area contributed by atoms with Crippen molar-refractivity contribution < 1.29 is 9.53 Å². The summed E-state index contributed by atoms with van der Waals surface area (Å²) in [6.07, 6.45) is 0. The van der Waals surface area contributed by atoms with E-state index in [1.165, 1.54) is 12.1 Å². The van der Waals surface area contributed by atoms with Gasteiger partial charge in [-0.25, -0.2) is 0 Å². The molecule has 0 saturated heterocycles. The van der Waals surface area contributed by atoms with Gasteiger partial charge in [-0.1, -0.05) is 11.6 Å². The van der Waals surface area contributed by atoms with Crippen LogP contribution in [0.5, 0.6) is 5.75 Å². The molecule has 0 atom stereocenters. The molecule has 6 nitrogen and oxygen atoms in total. The van der Waals surface area contributed by atoms with Crippen molar-refractivity contribution in [1.29, 1.82) is 15.8 Å². The number of benzene rings is 2. The Morgan fingerprint density at radius 2 is 1.67 bits per heavy atom. The second kappa shape index (κ2) is 9.06. The molecule has 2 aromatic carbocycles. The Hall–Kier alpha value is -3.79. The lowest BCUT2D eigenvalue weighted by atomic mass is 10.0. The van der Waals surface area contributed by atoms with Crippen LogP contribution in [0.15, 0.2) is 53.7 Å². The third-order valence-electron chi connectivity index (χ3n) is 3.50. The van der Waals surface area contributed by atoms with E-state index in [2.05, 4.69) is 5.32 Å². The molecule has 0 unspecified atom stereocenters. The molecule has 2 aromatic rings. The van der Waals surface area contributed by atoms with Crippen LogP contribution < -0.4 is 10.1 Å². The number of nitrogens with zero attached hydrogens (tertiary/aromatic N) is 3. The lowest BCUT2D eigenvalue weighted by Gasteiger charge is -2.10. The first kappa shape index (κ1) is 19.5.